The van der Waals surface area contributed by atoms with Crippen molar-refractivity contribution in [1.29, 1.82) is 0 Å². The molecule has 1 heterocycles. The number of hydrogen-bond acceptors (Lipinski definition) is 3. The Hall–Kier alpha value is -3.60. The fraction of sp³-hybridized carbons (Fsp3) is 0.130. The SMILES string of the molecule is CN(CCOc1ccccc1)C(=O)c1ccc(-n2cnc3ccccc32)cc1. The molecule has 3 aromatic carbocycles. The van der Waals surface area contributed by atoms with E-state index in [-0.39, 0.29) is 5.91 Å². The van der Waals surface area contributed by atoms with Gasteiger partial charge in [0.15, 0.2) is 0 Å². The third-order valence-electron chi connectivity index (χ3n) is 4.63. The number of para-hydroxylation sites is 3. The van der Waals surface area contributed by atoms with Crippen LogP contribution in [0.5, 0.6) is 5.75 Å². The number of fused-ring (bicyclic) bond motifs is 1. The second-order valence-corrected chi connectivity index (χ2v) is 6.54. The van der Waals surface area contributed by atoms with Gasteiger partial charge in [0.2, 0.25) is 0 Å². The van der Waals surface area contributed by atoms with Crippen molar-refractivity contribution in [2.75, 3.05) is 20.2 Å². The van der Waals surface area contributed by atoms with Crippen molar-refractivity contribution in [3.05, 3.63) is 90.8 Å². The van der Waals surface area contributed by atoms with Crippen LogP contribution in [0.3, 0.4) is 0 Å². The first-order valence-corrected chi connectivity index (χ1v) is 9.18. The summed E-state index contributed by atoms with van der Waals surface area (Å²) < 4.78 is 7.68. The number of amides is 1. The Bertz CT molecular complexity index is 1070. The summed E-state index contributed by atoms with van der Waals surface area (Å²) >= 11 is 0. The van der Waals surface area contributed by atoms with Crippen LogP contribution in [-0.2, 0) is 0 Å². The predicted octanol–water partition coefficient (Wildman–Crippen LogP) is 4.18. The standard InChI is InChI=1S/C23H21N3O2/c1-25(15-16-28-20-7-3-2-4-8-20)23(27)18-11-13-19(14-12-18)26-17-24-21-9-5-6-10-22(21)26/h2-14,17H,15-16H2,1H3. The van der Waals surface area contributed by atoms with Crippen LogP contribution in [0.2, 0.25) is 0 Å². The van der Waals surface area contributed by atoms with E-state index in [9.17, 15) is 4.79 Å². The lowest BCUT2D eigenvalue weighted by Gasteiger charge is -2.18. The maximum absolute atomic E-state index is 12.6. The molecular formula is C23H21N3O2. The van der Waals surface area contributed by atoms with Crippen molar-refractivity contribution in [3.8, 4) is 11.4 Å². The van der Waals surface area contributed by atoms with Gasteiger partial charge in [0, 0.05) is 18.3 Å². The van der Waals surface area contributed by atoms with Gasteiger partial charge in [-0.1, -0.05) is 30.3 Å². The molecule has 0 bridgehead atoms. The van der Waals surface area contributed by atoms with Crippen LogP contribution in [0.15, 0.2) is 85.2 Å². The van der Waals surface area contributed by atoms with Crippen molar-refractivity contribution in [3.63, 3.8) is 0 Å². The van der Waals surface area contributed by atoms with E-state index < -0.39 is 0 Å². The van der Waals surface area contributed by atoms with E-state index in [0.29, 0.717) is 18.7 Å². The first-order chi connectivity index (χ1) is 13.7. The molecule has 0 unspecified atom stereocenters. The molecule has 0 saturated carbocycles. The molecule has 28 heavy (non-hydrogen) atoms. The Labute approximate surface area is 163 Å². The van der Waals surface area contributed by atoms with Gasteiger partial charge in [0.25, 0.3) is 5.91 Å². The van der Waals surface area contributed by atoms with Crippen LogP contribution in [-0.4, -0.2) is 40.6 Å². The van der Waals surface area contributed by atoms with E-state index in [2.05, 4.69) is 4.98 Å². The molecule has 1 amide bonds. The van der Waals surface area contributed by atoms with E-state index in [1.165, 1.54) is 0 Å². The summed E-state index contributed by atoms with van der Waals surface area (Å²) in [4.78, 5) is 18.7. The zero-order valence-electron chi connectivity index (χ0n) is 15.7. The van der Waals surface area contributed by atoms with Gasteiger partial charge in [-0.25, -0.2) is 4.98 Å². The lowest BCUT2D eigenvalue weighted by molar-refractivity contribution is 0.0774. The fourth-order valence-electron chi connectivity index (χ4n) is 3.07. The zero-order valence-corrected chi connectivity index (χ0v) is 15.7. The van der Waals surface area contributed by atoms with Crippen molar-refractivity contribution >= 4 is 16.9 Å². The summed E-state index contributed by atoms with van der Waals surface area (Å²) in [5.41, 5.74) is 3.60. The highest BCUT2D eigenvalue weighted by Crippen LogP contribution is 2.18. The second-order valence-electron chi connectivity index (χ2n) is 6.54. The molecular weight excluding hydrogens is 350 g/mol. The minimum Gasteiger partial charge on any atom is -0.492 e. The van der Waals surface area contributed by atoms with Crippen molar-refractivity contribution in [1.82, 2.24) is 14.5 Å². The van der Waals surface area contributed by atoms with E-state index in [4.69, 9.17) is 4.74 Å². The summed E-state index contributed by atoms with van der Waals surface area (Å²) in [7, 11) is 1.79. The number of benzene rings is 3. The molecule has 0 saturated heterocycles. The van der Waals surface area contributed by atoms with Crippen molar-refractivity contribution in [2.45, 2.75) is 0 Å². The highest BCUT2D eigenvalue weighted by atomic mass is 16.5. The molecule has 0 spiro atoms. The molecule has 0 radical (unpaired) electrons. The van der Waals surface area contributed by atoms with Crippen molar-refractivity contribution < 1.29 is 9.53 Å². The Morgan fingerprint density at radius 1 is 0.964 bits per heavy atom. The summed E-state index contributed by atoms with van der Waals surface area (Å²) in [5.74, 6) is 0.777. The molecule has 0 atom stereocenters. The summed E-state index contributed by atoms with van der Waals surface area (Å²) in [6.07, 6.45) is 1.80. The maximum atomic E-state index is 12.6. The summed E-state index contributed by atoms with van der Waals surface area (Å²) in [6, 6.07) is 25.2. The smallest absolute Gasteiger partial charge is 0.253 e. The first kappa shape index (κ1) is 17.8. The van der Waals surface area contributed by atoms with Gasteiger partial charge in [0.05, 0.1) is 17.6 Å². The molecule has 140 valence electrons. The zero-order chi connectivity index (χ0) is 19.3. The molecule has 4 rings (SSSR count). The number of ether oxygens (including phenoxy) is 1. The first-order valence-electron chi connectivity index (χ1n) is 9.18. The Morgan fingerprint density at radius 2 is 1.68 bits per heavy atom. The highest BCUT2D eigenvalue weighted by Gasteiger charge is 2.12. The lowest BCUT2D eigenvalue weighted by atomic mass is 10.2. The number of carbonyl (C=O) groups is 1. The third-order valence-corrected chi connectivity index (χ3v) is 4.63. The molecule has 0 fully saturated rings. The predicted molar refractivity (Wildman–Crippen MR) is 110 cm³/mol. The molecule has 1 aromatic heterocycles. The number of nitrogens with zero attached hydrogens (tertiary/aromatic N) is 3. The highest BCUT2D eigenvalue weighted by molar-refractivity contribution is 5.94. The minimum absolute atomic E-state index is 0.0290. The molecule has 5 nitrogen and oxygen atoms in total. The van der Waals surface area contributed by atoms with E-state index >= 15 is 0 Å². The average Bonchev–Trinajstić information content (AvgIpc) is 3.18. The summed E-state index contributed by atoms with van der Waals surface area (Å²) in [6.45, 7) is 0.965. The number of imidazole rings is 1. The lowest BCUT2D eigenvalue weighted by Crippen LogP contribution is -2.30. The third kappa shape index (κ3) is 3.74. The van der Waals surface area contributed by atoms with Gasteiger partial charge in [-0.3, -0.25) is 9.36 Å². The largest absolute Gasteiger partial charge is 0.492 e. The molecule has 0 aliphatic heterocycles. The maximum Gasteiger partial charge on any atom is 0.253 e. The van der Waals surface area contributed by atoms with Gasteiger partial charge in [-0.05, 0) is 48.5 Å². The summed E-state index contributed by atoms with van der Waals surface area (Å²) in [5, 5.41) is 0. The Kier molecular flexibility index (Phi) is 5.06. The van der Waals surface area contributed by atoms with E-state index in [1.54, 1.807) is 18.3 Å². The van der Waals surface area contributed by atoms with Gasteiger partial charge >= 0.3 is 0 Å². The fourth-order valence-corrected chi connectivity index (χ4v) is 3.07. The van der Waals surface area contributed by atoms with Crippen LogP contribution < -0.4 is 4.74 Å². The monoisotopic (exact) mass is 371 g/mol. The molecule has 0 aliphatic carbocycles. The van der Waals surface area contributed by atoms with Gasteiger partial charge in [0.1, 0.15) is 18.7 Å². The molecule has 0 N–H and O–H groups in total. The quantitative estimate of drug-likeness (QED) is 0.511. The molecule has 4 aromatic rings. The molecule has 0 aliphatic rings. The average molecular weight is 371 g/mol. The Balaban J connectivity index is 1.41. The number of carbonyl (C=O) groups excluding carboxylic acids is 1. The van der Waals surface area contributed by atoms with Crippen LogP contribution in [0.4, 0.5) is 0 Å². The van der Waals surface area contributed by atoms with Gasteiger partial charge in [-0.15, -0.1) is 0 Å². The van der Waals surface area contributed by atoms with Crippen molar-refractivity contribution in [2.24, 2.45) is 0 Å². The van der Waals surface area contributed by atoms with Gasteiger partial charge in [-0.2, -0.15) is 0 Å². The second kappa shape index (κ2) is 7.96. The Morgan fingerprint density at radius 3 is 2.46 bits per heavy atom. The minimum atomic E-state index is -0.0290. The van der Waals surface area contributed by atoms with E-state index in [0.717, 1.165) is 22.5 Å². The van der Waals surface area contributed by atoms with Crippen LogP contribution in [0.1, 0.15) is 10.4 Å². The number of aromatic nitrogens is 2. The molecule has 5 heteroatoms. The topological polar surface area (TPSA) is 47.4 Å². The van der Waals surface area contributed by atoms with Crippen LogP contribution in [0.25, 0.3) is 16.7 Å². The van der Waals surface area contributed by atoms with Crippen LogP contribution in [0, 0.1) is 0 Å². The van der Waals surface area contributed by atoms with Crippen LogP contribution >= 0.6 is 0 Å². The number of likely N-dealkylation sites (N-methyl/N-ethyl adjacent to an activating group) is 1. The number of hydrogen-bond donors (Lipinski definition) is 0. The number of rotatable bonds is 6. The van der Waals surface area contributed by atoms with Gasteiger partial charge < -0.3 is 9.64 Å². The van der Waals surface area contributed by atoms with E-state index in [1.807, 2.05) is 83.4 Å². The normalized spacial score (nSPS) is 10.8.